The summed E-state index contributed by atoms with van der Waals surface area (Å²) in [6.07, 6.45) is 0. The van der Waals surface area contributed by atoms with E-state index in [1.807, 2.05) is 37.4 Å². The lowest BCUT2D eigenvalue weighted by Gasteiger charge is -2.12. The minimum absolute atomic E-state index is 0.766. The van der Waals surface area contributed by atoms with Gasteiger partial charge < -0.3 is 10.1 Å². The van der Waals surface area contributed by atoms with Crippen molar-refractivity contribution in [3.63, 3.8) is 0 Å². The molecule has 106 valence electrons. The molecular formula is C18H16BrNO. The Morgan fingerprint density at radius 3 is 2.57 bits per heavy atom. The Bertz CT molecular complexity index is 770. The maximum absolute atomic E-state index is 6.06. The Hall–Kier alpha value is -1.84. The van der Waals surface area contributed by atoms with Gasteiger partial charge in [-0.3, -0.25) is 0 Å². The molecule has 0 aliphatic carbocycles. The van der Waals surface area contributed by atoms with Gasteiger partial charge in [-0.1, -0.05) is 46.3 Å². The van der Waals surface area contributed by atoms with Crippen molar-refractivity contribution in [2.24, 2.45) is 0 Å². The van der Waals surface area contributed by atoms with Gasteiger partial charge in [0.05, 0.1) is 0 Å². The van der Waals surface area contributed by atoms with E-state index in [4.69, 9.17) is 4.74 Å². The van der Waals surface area contributed by atoms with Crippen molar-refractivity contribution in [2.75, 3.05) is 7.05 Å². The molecule has 0 heterocycles. The van der Waals surface area contributed by atoms with Crippen molar-refractivity contribution in [3.05, 3.63) is 70.7 Å². The summed E-state index contributed by atoms with van der Waals surface area (Å²) in [7, 11) is 1.93. The molecule has 2 nitrogen and oxygen atoms in total. The molecule has 0 bridgehead atoms. The van der Waals surface area contributed by atoms with Crippen molar-refractivity contribution >= 4 is 26.7 Å². The lowest BCUT2D eigenvalue weighted by atomic mass is 10.1. The third-order valence-corrected chi connectivity index (χ3v) is 3.83. The minimum Gasteiger partial charge on any atom is -0.457 e. The topological polar surface area (TPSA) is 21.3 Å². The lowest BCUT2D eigenvalue weighted by Crippen LogP contribution is -2.06. The monoisotopic (exact) mass is 341 g/mol. The molecule has 3 heteroatoms. The van der Waals surface area contributed by atoms with E-state index in [0.717, 1.165) is 28.1 Å². The fourth-order valence-corrected chi connectivity index (χ4v) is 2.74. The van der Waals surface area contributed by atoms with Gasteiger partial charge in [0, 0.05) is 16.6 Å². The first kappa shape index (κ1) is 14.1. The molecule has 3 aromatic carbocycles. The standard InChI is InChI=1S/C18H16BrNO/c1-20-12-15-10-16(19)7-9-18(15)21-17-8-6-13-4-2-3-5-14(13)11-17/h2-11,20H,12H2,1H3. The summed E-state index contributed by atoms with van der Waals surface area (Å²) in [6.45, 7) is 0.766. The van der Waals surface area contributed by atoms with Crippen molar-refractivity contribution in [1.82, 2.24) is 5.32 Å². The van der Waals surface area contributed by atoms with Gasteiger partial charge in [0.15, 0.2) is 0 Å². The third kappa shape index (κ3) is 3.26. The van der Waals surface area contributed by atoms with Gasteiger partial charge in [-0.05, 0) is 48.2 Å². The van der Waals surface area contributed by atoms with Gasteiger partial charge in [-0.15, -0.1) is 0 Å². The third-order valence-electron chi connectivity index (χ3n) is 3.34. The van der Waals surface area contributed by atoms with E-state index >= 15 is 0 Å². The average molecular weight is 342 g/mol. The highest BCUT2D eigenvalue weighted by Gasteiger charge is 2.06. The van der Waals surface area contributed by atoms with Crippen LogP contribution >= 0.6 is 15.9 Å². The van der Waals surface area contributed by atoms with Gasteiger partial charge in [-0.2, -0.15) is 0 Å². The number of ether oxygens (including phenoxy) is 1. The normalized spacial score (nSPS) is 10.8. The molecule has 0 aromatic heterocycles. The highest BCUT2D eigenvalue weighted by molar-refractivity contribution is 9.10. The molecule has 21 heavy (non-hydrogen) atoms. The molecule has 0 radical (unpaired) electrons. The van der Waals surface area contributed by atoms with Crippen LogP contribution in [-0.4, -0.2) is 7.05 Å². The summed E-state index contributed by atoms with van der Waals surface area (Å²) in [5.74, 6) is 1.73. The minimum atomic E-state index is 0.766. The quantitative estimate of drug-likeness (QED) is 0.711. The Kier molecular flexibility index (Phi) is 4.23. The average Bonchev–Trinajstić information content (AvgIpc) is 2.50. The molecule has 0 unspecified atom stereocenters. The molecule has 3 aromatic rings. The van der Waals surface area contributed by atoms with Crippen LogP contribution in [0.3, 0.4) is 0 Å². The van der Waals surface area contributed by atoms with Gasteiger partial charge >= 0.3 is 0 Å². The number of rotatable bonds is 4. The fourth-order valence-electron chi connectivity index (χ4n) is 2.33. The van der Waals surface area contributed by atoms with E-state index in [1.54, 1.807) is 0 Å². The highest BCUT2D eigenvalue weighted by atomic mass is 79.9. The number of benzene rings is 3. The summed E-state index contributed by atoms with van der Waals surface area (Å²) >= 11 is 3.50. The van der Waals surface area contributed by atoms with Crippen LogP contribution in [0.25, 0.3) is 10.8 Å². The first-order valence-corrected chi connectivity index (χ1v) is 7.65. The van der Waals surface area contributed by atoms with Crippen LogP contribution < -0.4 is 10.1 Å². The molecule has 0 saturated heterocycles. The maximum atomic E-state index is 6.06. The molecule has 0 fully saturated rings. The highest BCUT2D eigenvalue weighted by Crippen LogP contribution is 2.30. The van der Waals surface area contributed by atoms with Crippen LogP contribution in [-0.2, 0) is 6.54 Å². The smallest absolute Gasteiger partial charge is 0.131 e. The van der Waals surface area contributed by atoms with Crippen LogP contribution in [0.5, 0.6) is 11.5 Å². The molecule has 0 amide bonds. The molecule has 0 saturated carbocycles. The predicted molar refractivity (Wildman–Crippen MR) is 90.9 cm³/mol. The molecule has 0 aliphatic rings. The van der Waals surface area contributed by atoms with Crippen LogP contribution in [0.4, 0.5) is 0 Å². The van der Waals surface area contributed by atoms with Crippen molar-refractivity contribution in [1.29, 1.82) is 0 Å². The molecule has 1 N–H and O–H groups in total. The van der Waals surface area contributed by atoms with Crippen LogP contribution in [0.15, 0.2) is 65.1 Å². The summed E-state index contributed by atoms with van der Waals surface area (Å²) in [4.78, 5) is 0. The maximum Gasteiger partial charge on any atom is 0.131 e. The second-order valence-corrected chi connectivity index (χ2v) is 5.81. The summed E-state index contributed by atoms with van der Waals surface area (Å²) in [6, 6.07) is 20.5. The molecular weight excluding hydrogens is 326 g/mol. The largest absolute Gasteiger partial charge is 0.457 e. The first-order valence-electron chi connectivity index (χ1n) is 6.86. The summed E-state index contributed by atoms with van der Waals surface area (Å²) in [5, 5.41) is 5.57. The SMILES string of the molecule is CNCc1cc(Br)ccc1Oc1ccc2ccccc2c1. The van der Waals surface area contributed by atoms with E-state index in [0.29, 0.717) is 0 Å². The number of hydrogen-bond donors (Lipinski definition) is 1. The zero-order valence-electron chi connectivity index (χ0n) is 11.8. The van der Waals surface area contributed by atoms with Crippen LogP contribution in [0.2, 0.25) is 0 Å². The second-order valence-electron chi connectivity index (χ2n) is 4.89. The Labute approximate surface area is 132 Å². The second kappa shape index (κ2) is 6.29. The molecule has 0 aliphatic heterocycles. The van der Waals surface area contributed by atoms with Crippen LogP contribution in [0.1, 0.15) is 5.56 Å². The number of hydrogen-bond acceptors (Lipinski definition) is 2. The van der Waals surface area contributed by atoms with Gasteiger partial charge in [0.2, 0.25) is 0 Å². The Balaban J connectivity index is 1.94. The van der Waals surface area contributed by atoms with E-state index < -0.39 is 0 Å². The summed E-state index contributed by atoms with van der Waals surface area (Å²) < 4.78 is 7.12. The Morgan fingerprint density at radius 2 is 1.76 bits per heavy atom. The number of nitrogens with one attached hydrogen (secondary N) is 1. The van der Waals surface area contributed by atoms with E-state index in [2.05, 4.69) is 51.6 Å². The molecule has 3 rings (SSSR count). The van der Waals surface area contributed by atoms with Crippen molar-refractivity contribution in [3.8, 4) is 11.5 Å². The number of halogens is 1. The van der Waals surface area contributed by atoms with E-state index in [9.17, 15) is 0 Å². The van der Waals surface area contributed by atoms with Gasteiger partial charge in [-0.25, -0.2) is 0 Å². The van der Waals surface area contributed by atoms with Crippen molar-refractivity contribution < 1.29 is 4.74 Å². The van der Waals surface area contributed by atoms with Gasteiger partial charge in [0.25, 0.3) is 0 Å². The molecule has 0 spiro atoms. The van der Waals surface area contributed by atoms with E-state index in [1.165, 1.54) is 10.8 Å². The Morgan fingerprint density at radius 1 is 0.952 bits per heavy atom. The molecule has 0 atom stereocenters. The first-order chi connectivity index (χ1) is 10.3. The zero-order chi connectivity index (χ0) is 14.7. The van der Waals surface area contributed by atoms with Gasteiger partial charge in [0.1, 0.15) is 11.5 Å². The van der Waals surface area contributed by atoms with E-state index in [-0.39, 0.29) is 0 Å². The fraction of sp³-hybridized carbons (Fsp3) is 0.111. The number of fused-ring (bicyclic) bond motifs is 1. The summed E-state index contributed by atoms with van der Waals surface area (Å²) in [5.41, 5.74) is 1.13. The predicted octanol–water partition coefficient (Wildman–Crippen LogP) is 5.11. The van der Waals surface area contributed by atoms with Crippen LogP contribution in [0, 0.1) is 0 Å². The zero-order valence-corrected chi connectivity index (χ0v) is 13.4. The lowest BCUT2D eigenvalue weighted by molar-refractivity contribution is 0.475. The van der Waals surface area contributed by atoms with Crippen molar-refractivity contribution in [2.45, 2.75) is 6.54 Å².